The number of aliphatic hydroxyl groups is 1. The van der Waals surface area contributed by atoms with Crippen molar-refractivity contribution in [1.29, 1.82) is 0 Å². The largest absolute Gasteiger partial charge is 0.504 e. The van der Waals surface area contributed by atoms with Crippen molar-refractivity contribution in [2.24, 2.45) is 11.8 Å². The molecule has 9 nitrogen and oxygen atoms in total. The Labute approximate surface area is 177 Å². The van der Waals surface area contributed by atoms with E-state index in [0.29, 0.717) is 16.8 Å². The van der Waals surface area contributed by atoms with Crippen LogP contribution in [-0.2, 0) is 14.4 Å². The van der Waals surface area contributed by atoms with Crippen molar-refractivity contribution in [3.8, 4) is 11.5 Å². The Hall–Kier alpha value is -3.43. The highest BCUT2D eigenvalue weighted by molar-refractivity contribution is 6.24. The molecule has 0 radical (unpaired) electrons. The van der Waals surface area contributed by atoms with Gasteiger partial charge in [-0.1, -0.05) is 24.3 Å². The van der Waals surface area contributed by atoms with Crippen LogP contribution in [0.25, 0.3) is 0 Å². The van der Waals surface area contributed by atoms with Gasteiger partial charge in [-0.15, -0.1) is 0 Å². The van der Waals surface area contributed by atoms with Gasteiger partial charge in [0.1, 0.15) is 0 Å². The van der Waals surface area contributed by atoms with Crippen LogP contribution in [0.4, 0.5) is 5.69 Å². The summed E-state index contributed by atoms with van der Waals surface area (Å²) in [5, 5.41) is 32.8. The molecule has 2 aromatic carbocycles. The molecule has 0 spiro atoms. The molecule has 4 unspecified atom stereocenters. The minimum Gasteiger partial charge on any atom is -0.504 e. The van der Waals surface area contributed by atoms with E-state index in [1.165, 1.54) is 25.3 Å². The summed E-state index contributed by atoms with van der Waals surface area (Å²) in [6.45, 7) is 0.872. The number of benzene rings is 2. The Morgan fingerprint density at radius 1 is 1.19 bits per heavy atom. The third-order valence-corrected chi connectivity index (χ3v) is 6.20. The summed E-state index contributed by atoms with van der Waals surface area (Å²) < 4.78 is 5.13. The second kappa shape index (κ2) is 7.36. The van der Waals surface area contributed by atoms with Crippen LogP contribution in [0.3, 0.4) is 0 Å². The molecule has 4 N–H and O–H groups in total. The zero-order valence-electron chi connectivity index (χ0n) is 16.9. The molecule has 0 aromatic heterocycles. The number of aliphatic hydroxyl groups excluding tert-OH is 1. The molecule has 0 saturated carbocycles. The molecular formula is C22H22N2O7. The van der Waals surface area contributed by atoms with Gasteiger partial charge in [0.25, 0.3) is 0 Å². The number of carboxylic acids is 1. The van der Waals surface area contributed by atoms with Crippen molar-refractivity contribution in [2.45, 2.75) is 18.5 Å². The highest BCUT2D eigenvalue weighted by atomic mass is 16.5. The lowest BCUT2D eigenvalue weighted by Crippen LogP contribution is -2.58. The van der Waals surface area contributed by atoms with Gasteiger partial charge in [0.2, 0.25) is 11.8 Å². The second-order valence-electron chi connectivity index (χ2n) is 7.79. The van der Waals surface area contributed by atoms with Crippen molar-refractivity contribution in [1.82, 2.24) is 5.32 Å². The van der Waals surface area contributed by atoms with Gasteiger partial charge in [0.05, 0.1) is 31.2 Å². The predicted molar refractivity (Wildman–Crippen MR) is 109 cm³/mol. The van der Waals surface area contributed by atoms with Crippen LogP contribution < -0.4 is 15.0 Å². The lowest BCUT2D eigenvalue weighted by Gasteiger charge is -2.29. The molecule has 9 heteroatoms. The fourth-order valence-electron chi connectivity index (χ4n) is 4.64. The molecular weight excluding hydrogens is 404 g/mol. The highest BCUT2D eigenvalue weighted by Crippen LogP contribution is 2.50. The standard InChI is InChI=1S/C22H22N2O7/c1-11-5-3-4-6-13(11)24-19(27)16-17(20(24)28)22(10-25,21(29)30)23-18(16)12-7-8-14(26)15(9-12)31-2/h3-9,16-18,23,25-26H,10H2,1-2H3,(H,29,30). The number of aryl methyl sites for hydroxylation is 1. The first-order valence-electron chi connectivity index (χ1n) is 9.69. The average molecular weight is 426 g/mol. The van der Waals surface area contributed by atoms with Gasteiger partial charge in [-0.3, -0.25) is 19.7 Å². The van der Waals surface area contributed by atoms with Crippen molar-refractivity contribution in [2.75, 3.05) is 18.6 Å². The van der Waals surface area contributed by atoms with Gasteiger partial charge in [0.15, 0.2) is 17.0 Å². The Morgan fingerprint density at radius 3 is 2.52 bits per heavy atom. The number of methoxy groups -OCH3 is 1. The summed E-state index contributed by atoms with van der Waals surface area (Å²) in [7, 11) is 1.36. The fraction of sp³-hybridized carbons (Fsp3) is 0.318. The van der Waals surface area contributed by atoms with Crippen LogP contribution in [0.2, 0.25) is 0 Å². The maximum Gasteiger partial charge on any atom is 0.327 e. The quantitative estimate of drug-likeness (QED) is 0.520. The number of hydrogen-bond donors (Lipinski definition) is 4. The molecule has 4 rings (SSSR count). The number of nitrogens with one attached hydrogen (secondary N) is 1. The summed E-state index contributed by atoms with van der Waals surface area (Å²) in [5.41, 5.74) is -0.518. The third-order valence-electron chi connectivity index (χ3n) is 6.20. The first-order valence-corrected chi connectivity index (χ1v) is 9.69. The predicted octanol–water partition coefficient (Wildman–Crippen LogP) is 0.975. The lowest BCUT2D eigenvalue weighted by molar-refractivity contribution is -0.150. The molecule has 2 aliphatic heterocycles. The van der Waals surface area contributed by atoms with Crippen LogP contribution in [0, 0.1) is 18.8 Å². The number of rotatable bonds is 5. The van der Waals surface area contributed by atoms with Crippen LogP contribution in [0.15, 0.2) is 42.5 Å². The molecule has 2 amide bonds. The summed E-state index contributed by atoms with van der Waals surface area (Å²) in [6.07, 6.45) is 0. The maximum absolute atomic E-state index is 13.5. The van der Waals surface area contributed by atoms with Crippen LogP contribution >= 0.6 is 0 Å². The van der Waals surface area contributed by atoms with Crippen molar-refractivity contribution >= 4 is 23.5 Å². The molecule has 162 valence electrons. The van der Waals surface area contributed by atoms with Crippen LogP contribution in [0.1, 0.15) is 17.2 Å². The zero-order chi connectivity index (χ0) is 22.5. The first kappa shape index (κ1) is 20.8. The number of amides is 2. The molecule has 31 heavy (non-hydrogen) atoms. The zero-order valence-corrected chi connectivity index (χ0v) is 16.9. The van der Waals surface area contributed by atoms with E-state index < -0.39 is 47.8 Å². The van der Waals surface area contributed by atoms with E-state index in [9.17, 15) is 29.7 Å². The molecule has 2 saturated heterocycles. The van der Waals surface area contributed by atoms with E-state index in [0.717, 1.165) is 4.90 Å². The molecule has 2 heterocycles. The van der Waals surface area contributed by atoms with Crippen LogP contribution in [-0.4, -0.2) is 52.4 Å². The molecule has 4 atom stereocenters. The minimum atomic E-state index is -2.04. The number of ether oxygens (including phenoxy) is 1. The van der Waals surface area contributed by atoms with Gasteiger partial charge in [0, 0.05) is 6.04 Å². The number of para-hydroxylation sites is 1. The fourth-order valence-corrected chi connectivity index (χ4v) is 4.64. The molecule has 2 aromatic rings. The lowest BCUT2D eigenvalue weighted by atomic mass is 9.79. The Balaban J connectivity index is 1.87. The van der Waals surface area contributed by atoms with Gasteiger partial charge in [-0.25, -0.2) is 4.90 Å². The van der Waals surface area contributed by atoms with Gasteiger partial charge in [-0.05, 0) is 36.2 Å². The number of carboxylic acid groups (broad SMARTS) is 1. The Morgan fingerprint density at radius 2 is 1.90 bits per heavy atom. The molecule has 0 bridgehead atoms. The summed E-state index contributed by atoms with van der Waals surface area (Å²) >= 11 is 0. The number of aromatic hydroxyl groups is 1. The maximum atomic E-state index is 13.5. The second-order valence-corrected chi connectivity index (χ2v) is 7.79. The number of anilines is 1. The van der Waals surface area contributed by atoms with E-state index in [2.05, 4.69) is 5.32 Å². The topological polar surface area (TPSA) is 136 Å². The van der Waals surface area contributed by atoms with E-state index >= 15 is 0 Å². The van der Waals surface area contributed by atoms with Crippen LogP contribution in [0.5, 0.6) is 11.5 Å². The summed E-state index contributed by atoms with van der Waals surface area (Å²) in [5.74, 6) is -5.02. The van der Waals surface area contributed by atoms with E-state index in [1.54, 1.807) is 31.2 Å². The number of nitrogens with zero attached hydrogens (tertiary/aromatic N) is 1. The number of fused-ring (bicyclic) bond motifs is 1. The normalized spacial score (nSPS) is 27.5. The van der Waals surface area contributed by atoms with Crippen molar-refractivity contribution < 1.29 is 34.4 Å². The number of imide groups is 1. The first-order chi connectivity index (χ1) is 14.8. The summed E-state index contributed by atoms with van der Waals surface area (Å²) in [6, 6.07) is 10.3. The molecule has 2 fully saturated rings. The van der Waals surface area contributed by atoms with E-state index in [1.807, 2.05) is 0 Å². The number of phenolic OH excluding ortho intramolecular Hbond substituents is 1. The number of phenols is 1. The Bertz CT molecular complexity index is 1090. The van der Waals surface area contributed by atoms with Gasteiger partial charge >= 0.3 is 5.97 Å². The number of hydrogen-bond acceptors (Lipinski definition) is 7. The summed E-state index contributed by atoms with van der Waals surface area (Å²) in [4.78, 5) is 40.2. The van der Waals surface area contributed by atoms with Gasteiger partial charge < -0.3 is 20.1 Å². The highest BCUT2D eigenvalue weighted by Gasteiger charge is 2.68. The minimum absolute atomic E-state index is 0.122. The van der Waals surface area contributed by atoms with Gasteiger partial charge in [-0.2, -0.15) is 0 Å². The number of aliphatic carboxylic acids is 1. The van der Waals surface area contributed by atoms with E-state index in [4.69, 9.17) is 4.74 Å². The molecule has 2 aliphatic rings. The smallest absolute Gasteiger partial charge is 0.327 e. The molecule has 0 aliphatic carbocycles. The average Bonchev–Trinajstić information content (AvgIpc) is 3.24. The van der Waals surface area contributed by atoms with Crippen molar-refractivity contribution in [3.05, 3.63) is 53.6 Å². The number of carbonyl (C=O) groups is 3. The SMILES string of the molecule is COc1cc(C2NC(CO)(C(=O)O)C3C(=O)N(c4ccccc4C)C(=O)C23)ccc1O. The monoisotopic (exact) mass is 426 g/mol. The Kier molecular flexibility index (Phi) is 4.95. The van der Waals surface area contributed by atoms with E-state index in [-0.39, 0.29) is 11.5 Å². The number of carbonyl (C=O) groups excluding carboxylic acids is 2. The van der Waals surface area contributed by atoms with Crippen molar-refractivity contribution in [3.63, 3.8) is 0 Å². The third kappa shape index (κ3) is 2.88.